The number of carbonyl (C=O) groups is 2. The van der Waals surface area contributed by atoms with Gasteiger partial charge >= 0.3 is 0 Å². The molecule has 23 heavy (non-hydrogen) atoms. The van der Waals surface area contributed by atoms with E-state index in [9.17, 15) is 14.8 Å². The molecule has 0 heterocycles. The minimum absolute atomic E-state index is 0.0215. The van der Waals surface area contributed by atoms with Gasteiger partial charge in [-0.15, -0.1) is 0 Å². The quantitative estimate of drug-likeness (QED) is 0.291. The lowest BCUT2D eigenvalue weighted by atomic mass is 9.83. The van der Waals surface area contributed by atoms with E-state index < -0.39 is 5.60 Å². The predicted octanol–water partition coefficient (Wildman–Crippen LogP) is 3.52. The number of Topliss-reactive ketones (excluding diaryl/α,β-unsaturated/α-hetero) is 2. The molecule has 0 bridgehead atoms. The van der Waals surface area contributed by atoms with E-state index in [0.717, 1.165) is 0 Å². The van der Waals surface area contributed by atoms with Crippen molar-refractivity contribution in [3.63, 3.8) is 0 Å². The van der Waals surface area contributed by atoms with E-state index in [1.165, 1.54) is 19.9 Å². The van der Waals surface area contributed by atoms with Crippen LogP contribution in [-0.4, -0.2) is 16.8 Å². The SMILES string of the molecule is CC(=O)C(=CC(OO)(c1ccccc1)c1ccccc1)C(C)=O. The van der Waals surface area contributed by atoms with Gasteiger partial charge in [0, 0.05) is 0 Å². The van der Waals surface area contributed by atoms with Crippen LogP contribution in [0.5, 0.6) is 0 Å². The van der Waals surface area contributed by atoms with Crippen LogP contribution < -0.4 is 0 Å². The van der Waals surface area contributed by atoms with Gasteiger partial charge in [0.2, 0.25) is 0 Å². The van der Waals surface area contributed by atoms with Crippen LogP contribution in [0.15, 0.2) is 72.3 Å². The summed E-state index contributed by atoms with van der Waals surface area (Å²) in [6, 6.07) is 17.9. The lowest BCUT2D eigenvalue weighted by Gasteiger charge is -2.29. The topological polar surface area (TPSA) is 63.6 Å². The molecule has 4 heteroatoms. The maximum absolute atomic E-state index is 11.8. The summed E-state index contributed by atoms with van der Waals surface area (Å²) in [6.07, 6.45) is 1.38. The molecule has 0 amide bonds. The molecular formula is C19H18O4. The summed E-state index contributed by atoms with van der Waals surface area (Å²) in [5.41, 5.74) is -0.246. The summed E-state index contributed by atoms with van der Waals surface area (Å²) >= 11 is 0. The highest BCUT2D eigenvalue weighted by Gasteiger charge is 2.35. The van der Waals surface area contributed by atoms with E-state index in [0.29, 0.717) is 11.1 Å². The van der Waals surface area contributed by atoms with Crippen LogP contribution in [0.25, 0.3) is 0 Å². The minimum Gasteiger partial charge on any atom is -0.294 e. The Balaban J connectivity index is 2.77. The molecule has 2 aromatic rings. The van der Waals surface area contributed by atoms with Gasteiger partial charge in [-0.25, -0.2) is 4.89 Å². The maximum Gasteiger partial charge on any atom is 0.172 e. The normalized spacial score (nSPS) is 10.9. The lowest BCUT2D eigenvalue weighted by molar-refractivity contribution is -0.300. The Morgan fingerprint density at radius 2 is 1.26 bits per heavy atom. The minimum atomic E-state index is -1.44. The molecule has 0 aromatic heterocycles. The Labute approximate surface area is 135 Å². The van der Waals surface area contributed by atoms with E-state index in [1.54, 1.807) is 48.5 Å². The molecule has 0 spiro atoms. The van der Waals surface area contributed by atoms with E-state index in [1.807, 2.05) is 12.1 Å². The summed E-state index contributed by atoms with van der Waals surface area (Å²) in [6.45, 7) is 2.62. The Kier molecular flexibility index (Phi) is 5.21. The van der Waals surface area contributed by atoms with Gasteiger partial charge in [0.1, 0.15) is 0 Å². The fourth-order valence-corrected chi connectivity index (χ4v) is 2.49. The molecule has 2 rings (SSSR count). The molecule has 0 aliphatic heterocycles. The molecule has 0 saturated carbocycles. The number of allylic oxidation sites excluding steroid dienone is 1. The first-order valence-corrected chi connectivity index (χ1v) is 7.19. The number of ketones is 2. The smallest absolute Gasteiger partial charge is 0.172 e. The lowest BCUT2D eigenvalue weighted by Crippen LogP contribution is -2.30. The molecular weight excluding hydrogens is 292 g/mol. The van der Waals surface area contributed by atoms with Crippen molar-refractivity contribution in [2.45, 2.75) is 19.4 Å². The first kappa shape index (κ1) is 16.8. The van der Waals surface area contributed by atoms with Gasteiger partial charge in [0.15, 0.2) is 17.2 Å². The first-order chi connectivity index (χ1) is 11.0. The number of rotatable bonds is 6. The molecule has 0 atom stereocenters. The number of carbonyl (C=O) groups excluding carboxylic acids is 2. The second kappa shape index (κ2) is 7.13. The predicted molar refractivity (Wildman–Crippen MR) is 86.8 cm³/mol. The fourth-order valence-electron chi connectivity index (χ4n) is 2.49. The largest absolute Gasteiger partial charge is 0.294 e. The Morgan fingerprint density at radius 3 is 1.57 bits per heavy atom. The van der Waals surface area contributed by atoms with Gasteiger partial charge in [-0.2, -0.15) is 0 Å². The van der Waals surface area contributed by atoms with Crippen LogP contribution in [0.1, 0.15) is 25.0 Å². The van der Waals surface area contributed by atoms with E-state index >= 15 is 0 Å². The van der Waals surface area contributed by atoms with Crippen molar-refractivity contribution in [1.29, 1.82) is 0 Å². The van der Waals surface area contributed by atoms with Gasteiger partial charge in [0.25, 0.3) is 0 Å². The molecule has 2 aromatic carbocycles. The average Bonchev–Trinajstić information content (AvgIpc) is 2.57. The van der Waals surface area contributed by atoms with Crippen molar-refractivity contribution >= 4 is 11.6 Å². The summed E-state index contributed by atoms with van der Waals surface area (Å²) in [5.74, 6) is -0.767. The molecule has 0 radical (unpaired) electrons. The molecule has 0 fully saturated rings. The molecule has 0 aliphatic rings. The first-order valence-electron chi connectivity index (χ1n) is 7.19. The third kappa shape index (κ3) is 3.44. The fraction of sp³-hybridized carbons (Fsp3) is 0.158. The van der Waals surface area contributed by atoms with E-state index in [-0.39, 0.29) is 17.1 Å². The summed E-state index contributed by atoms with van der Waals surface area (Å²) < 4.78 is 0. The van der Waals surface area contributed by atoms with Gasteiger partial charge in [-0.05, 0) is 31.1 Å². The number of benzene rings is 2. The molecule has 4 nitrogen and oxygen atoms in total. The molecule has 0 saturated heterocycles. The van der Waals surface area contributed by atoms with E-state index in [2.05, 4.69) is 0 Å². The number of hydrogen-bond donors (Lipinski definition) is 1. The van der Waals surface area contributed by atoms with E-state index in [4.69, 9.17) is 4.89 Å². The van der Waals surface area contributed by atoms with Crippen molar-refractivity contribution in [1.82, 2.24) is 0 Å². The zero-order valence-electron chi connectivity index (χ0n) is 13.0. The van der Waals surface area contributed by atoms with Crippen molar-refractivity contribution in [3.05, 3.63) is 83.4 Å². The zero-order valence-corrected chi connectivity index (χ0v) is 13.0. The second-order valence-electron chi connectivity index (χ2n) is 5.23. The summed E-state index contributed by atoms with van der Waals surface area (Å²) in [4.78, 5) is 28.5. The molecule has 118 valence electrons. The monoisotopic (exact) mass is 310 g/mol. The standard InChI is InChI=1S/C19H18O4/c1-14(20)18(15(2)21)13-19(23-22,16-9-5-3-6-10-16)17-11-7-4-8-12-17/h3-13,22H,1-2H3. The van der Waals surface area contributed by atoms with Crippen molar-refractivity contribution in [3.8, 4) is 0 Å². The van der Waals surface area contributed by atoms with Gasteiger partial charge in [-0.3, -0.25) is 14.8 Å². The molecule has 1 N–H and O–H groups in total. The van der Waals surface area contributed by atoms with Crippen LogP contribution in [-0.2, 0) is 20.1 Å². The highest BCUT2D eigenvalue weighted by atomic mass is 17.1. The highest BCUT2D eigenvalue weighted by Crippen LogP contribution is 2.35. The Hall–Kier alpha value is -2.56. The summed E-state index contributed by atoms with van der Waals surface area (Å²) in [7, 11) is 0. The third-order valence-electron chi connectivity index (χ3n) is 3.66. The van der Waals surface area contributed by atoms with Gasteiger partial charge < -0.3 is 0 Å². The van der Waals surface area contributed by atoms with Crippen molar-refractivity contribution in [2.24, 2.45) is 0 Å². The maximum atomic E-state index is 11.8. The third-order valence-corrected chi connectivity index (χ3v) is 3.66. The number of hydrogen-bond acceptors (Lipinski definition) is 4. The van der Waals surface area contributed by atoms with Crippen LogP contribution in [0.3, 0.4) is 0 Å². The molecule has 0 unspecified atom stereocenters. The van der Waals surface area contributed by atoms with Crippen molar-refractivity contribution in [2.75, 3.05) is 0 Å². The Morgan fingerprint density at radius 1 is 0.870 bits per heavy atom. The zero-order chi connectivity index (χ0) is 16.9. The van der Waals surface area contributed by atoms with Gasteiger partial charge in [-0.1, -0.05) is 60.7 Å². The van der Waals surface area contributed by atoms with Crippen LogP contribution >= 0.6 is 0 Å². The molecule has 0 aliphatic carbocycles. The summed E-state index contributed by atoms with van der Waals surface area (Å²) in [5, 5.41) is 9.73. The van der Waals surface area contributed by atoms with Crippen LogP contribution in [0.2, 0.25) is 0 Å². The van der Waals surface area contributed by atoms with Crippen molar-refractivity contribution < 1.29 is 19.7 Å². The highest BCUT2D eigenvalue weighted by molar-refractivity contribution is 6.18. The van der Waals surface area contributed by atoms with Gasteiger partial charge in [0.05, 0.1) is 5.57 Å². The second-order valence-corrected chi connectivity index (χ2v) is 5.23. The Bertz CT molecular complexity index is 662. The van der Waals surface area contributed by atoms with Crippen LogP contribution in [0, 0.1) is 0 Å². The van der Waals surface area contributed by atoms with Crippen LogP contribution in [0.4, 0.5) is 0 Å². The average molecular weight is 310 g/mol.